The standard InChI is InChI=1S/C66H46N2/c1-5-17-47(18-6-1)49-29-33-51(34-30-49)53-37-41-57(42-38-53)67(55-21-9-3-10-22-55)65-45-63-60-26-14-16-28-62(60)66(46-64(63)59-25-13-15-27-61(59)65)68(56-23-11-4-12-24-56)58-43-39-54(40-44-58)52-35-31-50(32-36-52)48-19-7-2-8-20-48/h1-46H. The summed E-state index contributed by atoms with van der Waals surface area (Å²) in [6.07, 6.45) is 0. The third-order valence-corrected chi connectivity index (χ3v) is 13.3. The van der Waals surface area contributed by atoms with Crippen LogP contribution in [0, 0.1) is 0 Å². The second-order valence-electron chi connectivity index (χ2n) is 17.3. The van der Waals surface area contributed by atoms with Crippen molar-refractivity contribution in [1.82, 2.24) is 0 Å². The van der Waals surface area contributed by atoms with Crippen molar-refractivity contribution in [3.8, 4) is 44.5 Å². The quantitative estimate of drug-likeness (QED) is 0.126. The highest BCUT2D eigenvalue weighted by Gasteiger charge is 2.22. The molecular weight excluding hydrogens is 821 g/mol. The number of hydrogen-bond acceptors (Lipinski definition) is 2. The van der Waals surface area contributed by atoms with E-state index in [-0.39, 0.29) is 0 Å². The molecule has 0 amide bonds. The molecular formula is C66H46N2. The van der Waals surface area contributed by atoms with E-state index in [0.29, 0.717) is 0 Å². The first-order valence-electron chi connectivity index (χ1n) is 23.3. The fraction of sp³-hybridized carbons (Fsp3) is 0. The second-order valence-corrected chi connectivity index (χ2v) is 17.3. The van der Waals surface area contributed by atoms with E-state index in [9.17, 15) is 0 Å². The number of rotatable bonds is 10. The van der Waals surface area contributed by atoms with Crippen LogP contribution in [0.15, 0.2) is 279 Å². The monoisotopic (exact) mass is 866 g/mol. The Kier molecular flexibility index (Phi) is 10.6. The van der Waals surface area contributed by atoms with Gasteiger partial charge in [-0.2, -0.15) is 0 Å². The van der Waals surface area contributed by atoms with Crippen LogP contribution in [0.25, 0.3) is 76.8 Å². The van der Waals surface area contributed by atoms with Crippen molar-refractivity contribution in [3.63, 3.8) is 0 Å². The van der Waals surface area contributed by atoms with Gasteiger partial charge in [-0.25, -0.2) is 0 Å². The summed E-state index contributed by atoms with van der Waals surface area (Å²) in [7, 11) is 0. The Labute approximate surface area is 397 Å². The van der Waals surface area contributed by atoms with E-state index in [0.717, 1.165) is 34.1 Å². The number of nitrogens with zero attached hydrogens (tertiary/aromatic N) is 2. The third-order valence-electron chi connectivity index (χ3n) is 13.3. The molecule has 0 heterocycles. The lowest BCUT2D eigenvalue weighted by Gasteiger charge is -2.30. The van der Waals surface area contributed by atoms with Gasteiger partial charge in [-0.15, -0.1) is 0 Å². The highest BCUT2D eigenvalue weighted by atomic mass is 15.1. The van der Waals surface area contributed by atoms with E-state index in [1.165, 1.54) is 76.8 Å². The first kappa shape index (κ1) is 40.5. The fourth-order valence-electron chi connectivity index (χ4n) is 9.87. The van der Waals surface area contributed by atoms with Gasteiger partial charge in [-0.3, -0.25) is 0 Å². The van der Waals surface area contributed by atoms with E-state index in [1.54, 1.807) is 0 Å². The second kappa shape index (κ2) is 17.8. The minimum absolute atomic E-state index is 1.09. The zero-order chi connectivity index (χ0) is 45.2. The number of anilines is 6. The van der Waals surface area contributed by atoms with Gasteiger partial charge < -0.3 is 9.80 Å². The predicted molar refractivity (Wildman–Crippen MR) is 290 cm³/mol. The van der Waals surface area contributed by atoms with E-state index in [4.69, 9.17) is 0 Å². The average Bonchev–Trinajstić information content (AvgIpc) is 3.43. The molecule has 0 aliphatic carbocycles. The molecule has 2 heteroatoms. The third kappa shape index (κ3) is 7.64. The normalized spacial score (nSPS) is 11.2. The molecule has 0 fully saturated rings. The number of benzene rings is 12. The number of fused-ring (bicyclic) bond motifs is 5. The van der Waals surface area contributed by atoms with Gasteiger partial charge in [-0.1, -0.05) is 218 Å². The Morgan fingerprint density at radius 3 is 0.691 bits per heavy atom. The number of hydrogen-bond donors (Lipinski definition) is 0. The summed E-state index contributed by atoms with van der Waals surface area (Å²) in [5.74, 6) is 0. The smallest absolute Gasteiger partial charge is 0.0546 e. The topological polar surface area (TPSA) is 6.48 Å². The Hall–Kier alpha value is -8.98. The van der Waals surface area contributed by atoms with Gasteiger partial charge in [0.2, 0.25) is 0 Å². The first-order chi connectivity index (χ1) is 33.7. The lowest BCUT2D eigenvalue weighted by atomic mass is 9.93. The van der Waals surface area contributed by atoms with E-state index < -0.39 is 0 Å². The largest absolute Gasteiger partial charge is 0.310 e. The van der Waals surface area contributed by atoms with Gasteiger partial charge in [-0.05, 0) is 127 Å². The molecule has 0 atom stereocenters. The maximum Gasteiger partial charge on any atom is 0.0546 e. The fourth-order valence-corrected chi connectivity index (χ4v) is 9.87. The van der Waals surface area contributed by atoms with Crippen LogP contribution >= 0.6 is 0 Å². The first-order valence-corrected chi connectivity index (χ1v) is 23.3. The molecule has 0 aliphatic heterocycles. The van der Waals surface area contributed by atoms with Crippen molar-refractivity contribution in [2.24, 2.45) is 0 Å². The van der Waals surface area contributed by atoms with Crippen molar-refractivity contribution < 1.29 is 0 Å². The highest BCUT2D eigenvalue weighted by molar-refractivity contribution is 6.24. The van der Waals surface area contributed by atoms with Crippen molar-refractivity contribution >= 4 is 66.4 Å². The zero-order valence-electron chi connectivity index (χ0n) is 37.5. The Balaban J connectivity index is 0.976. The van der Waals surface area contributed by atoms with Gasteiger partial charge in [0.05, 0.1) is 11.4 Å². The molecule has 12 aromatic carbocycles. The maximum absolute atomic E-state index is 2.42. The molecule has 0 aromatic heterocycles. The molecule has 12 rings (SSSR count). The molecule has 0 N–H and O–H groups in total. The van der Waals surface area contributed by atoms with Crippen molar-refractivity contribution in [2.75, 3.05) is 9.80 Å². The van der Waals surface area contributed by atoms with Gasteiger partial charge in [0, 0.05) is 33.5 Å². The SMILES string of the molecule is c1ccc(-c2ccc(-c3ccc(N(c4ccccc4)c4cc5c6ccccc6c(N(c6ccccc6)c6ccc(-c7ccc(-c8ccccc8)cc7)cc6)cc5c5ccccc45)cc3)cc2)cc1. The van der Waals surface area contributed by atoms with E-state index in [2.05, 4.69) is 289 Å². The van der Waals surface area contributed by atoms with Crippen LogP contribution in [-0.4, -0.2) is 0 Å². The van der Waals surface area contributed by atoms with Gasteiger partial charge in [0.15, 0.2) is 0 Å². The molecule has 0 saturated heterocycles. The van der Waals surface area contributed by atoms with Gasteiger partial charge >= 0.3 is 0 Å². The van der Waals surface area contributed by atoms with Gasteiger partial charge in [0.1, 0.15) is 0 Å². The van der Waals surface area contributed by atoms with Crippen LogP contribution < -0.4 is 9.80 Å². The van der Waals surface area contributed by atoms with Crippen LogP contribution in [0.4, 0.5) is 34.1 Å². The minimum atomic E-state index is 1.09. The van der Waals surface area contributed by atoms with Crippen LogP contribution in [0.2, 0.25) is 0 Å². The molecule has 0 unspecified atom stereocenters. The van der Waals surface area contributed by atoms with Crippen LogP contribution in [0.3, 0.4) is 0 Å². The molecule has 0 radical (unpaired) electrons. The summed E-state index contributed by atoms with van der Waals surface area (Å²) in [4.78, 5) is 4.83. The maximum atomic E-state index is 2.42. The Morgan fingerprint density at radius 1 is 0.162 bits per heavy atom. The summed E-state index contributed by atoms with van der Waals surface area (Å²) < 4.78 is 0. The summed E-state index contributed by atoms with van der Waals surface area (Å²) in [5.41, 5.74) is 16.3. The van der Waals surface area contributed by atoms with E-state index in [1.807, 2.05) is 0 Å². The lowest BCUT2D eigenvalue weighted by molar-refractivity contribution is 1.30. The summed E-state index contributed by atoms with van der Waals surface area (Å²) in [5, 5.41) is 7.17. The lowest BCUT2D eigenvalue weighted by Crippen LogP contribution is -2.12. The predicted octanol–water partition coefficient (Wildman–Crippen LogP) is 18.8. The molecule has 0 bridgehead atoms. The molecule has 2 nitrogen and oxygen atoms in total. The summed E-state index contributed by atoms with van der Waals surface area (Å²) >= 11 is 0. The Bertz CT molecular complexity index is 3420. The van der Waals surface area contributed by atoms with Crippen LogP contribution in [0.1, 0.15) is 0 Å². The zero-order valence-corrected chi connectivity index (χ0v) is 37.5. The van der Waals surface area contributed by atoms with Crippen LogP contribution in [-0.2, 0) is 0 Å². The number of para-hydroxylation sites is 2. The summed E-state index contributed by atoms with van der Waals surface area (Å²) in [6, 6.07) is 101. The highest BCUT2D eigenvalue weighted by Crippen LogP contribution is 2.48. The minimum Gasteiger partial charge on any atom is -0.310 e. The molecule has 320 valence electrons. The molecule has 0 spiro atoms. The van der Waals surface area contributed by atoms with Crippen molar-refractivity contribution in [1.29, 1.82) is 0 Å². The molecule has 68 heavy (non-hydrogen) atoms. The summed E-state index contributed by atoms with van der Waals surface area (Å²) in [6.45, 7) is 0. The Morgan fingerprint density at radius 2 is 0.382 bits per heavy atom. The van der Waals surface area contributed by atoms with Crippen LogP contribution in [0.5, 0.6) is 0 Å². The molecule has 0 saturated carbocycles. The molecule has 12 aromatic rings. The molecule has 0 aliphatic rings. The van der Waals surface area contributed by atoms with Crippen molar-refractivity contribution in [3.05, 3.63) is 279 Å². The average molecular weight is 867 g/mol. The van der Waals surface area contributed by atoms with Crippen molar-refractivity contribution in [2.45, 2.75) is 0 Å². The van der Waals surface area contributed by atoms with Gasteiger partial charge in [0.25, 0.3) is 0 Å². The van der Waals surface area contributed by atoms with E-state index >= 15 is 0 Å².